The number of carbonyl (C=O) groups excluding carboxylic acids is 1. The molecule has 2 saturated heterocycles. The molecule has 0 aromatic carbocycles. The average Bonchev–Trinajstić information content (AvgIpc) is 2.97. The first-order chi connectivity index (χ1) is 8.16. The van der Waals surface area contributed by atoms with Gasteiger partial charge in [-0.1, -0.05) is 13.8 Å². The molecule has 2 fully saturated rings. The maximum absolute atomic E-state index is 12.2. The first-order valence-electron chi connectivity index (χ1n) is 6.78. The molecule has 2 atom stereocenters. The number of nitrogens with zero attached hydrogens (tertiary/aromatic N) is 1. The van der Waals surface area contributed by atoms with Crippen LogP contribution in [-0.4, -0.2) is 49.7 Å². The van der Waals surface area contributed by atoms with E-state index in [9.17, 15) is 4.79 Å². The van der Waals surface area contributed by atoms with Gasteiger partial charge in [0.15, 0.2) is 0 Å². The Morgan fingerprint density at radius 1 is 1.47 bits per heavy atom. The molecular weight excluding hydrogens is 216 g/mol. The van der Waals surface area contributed by atoms with Crippen molar-refractivity contribution in [2.24, 2.45) is 11.8 Å². The summed E-state index contributed by atoms with van der Waals surface area (Å²) in [6, 6.07) is 0. The van der Waals surface area contributed by atoms with Gasteiger partial charge in [-0.05, 0) is 25.3 Å². The zero-order chi connectivity index (χ0) is 12.3. The lowest BCUT2D eigenvalue weighted by Gasteiger charge is -2.20. The minimum atomic E-state index is 0.207. The minimum absolute atomic E-state index is 0.207. The molecule has 2 unspecified atom stereocenters. The molecule has 1 N–H and O–H groups in total. The smallest absolute Gasteiger partial charge is 0.227 e. The standard InChI is InChI=1S/C13H24N2O2/c1-10(2)9-17-12-4-6-15(8-12)13(16)11-3-5-14-7-11/h10-12,14H,3-9H2,1-2H3. The lowest BCUT2D eigenvalue weighted by Crippen LogP contribution is -2.36. The van der Waals surface area contributed by atoms with Crippen LogP contribution < -0.4 is 5.32 Å². The Labute approximate surface area is 104 Å². The monoisotopic (exact) mass is 240 g/mol. The van der Waals surface area contributed by atoms with Gasteiger partial charge >= 0.3 is 0 Å². The van der Waals surface area contributed by atoms with Crippen molar-refractivity contribution in [2.45, 2.75) is 32.8 Å². The topological polar surface area (TPSA) is 41.6 Å². The Morgan fingerprint density at radius 3 is 2.94 bits per heavy atom. The number of nitrogens with one attached hydrogen (secondary N) is 1. The van der Waals surface area contributed by atoms with Gasteiger partial charge in [0.1, 0.15) is 0 Å². The second-order valence-corrected chi connectivity index (χ2v) is 5.61. The fourth-order valence-corrected chi connectivity index (χ4v) is 2.52. The van der Waals surface area contributed by atoms with Gasteiger partial charge in [0, 0.05) is 26.2 Å². The molecule has 0 bridgehead atoms. The van der Waals surface area contributed by atoms with E-state index in [0.29, 0.717) is 11.8 Å². The molecule has 0 radical (unpaired) electrons. The molecule has 0 saturated carbocycles. The van der Waals surface area contributed by atoms with E-state index >= 15 is 0 Å². The van der Waals surface area contributed by atoms with Gasteiger partial charge in [-0.3, -0.25) is 4.79 Å². The zero-order valence-electron chi connectivity index (χ0n) is 10.9. The maximum atomic E-state index is 12.2. The number of ether oxygens (including phenoxy) is 1. The van der Waals surface area contributed by atoms with Gasteiger partial charge in [-0.15, -0.1) is 0 Å². The van der Waals surface area contributed by atoms with Crippen LogP contribution in [0.3, 0.4) is 0 Å². The third-order valence-corrected chi connectivity index (χ3v) is 3.53. The Hall–Kier alpha value is -0.610. The van der Waals surface area contributed by atoms with E-state index < -0.39 is 0 Å². The van der Waals surface area contributed by atoms with Crippen LogP contribution in [-0.2, 0) is 9.53 Å². The van der Waals surface area contributed by atoms with Crippen molar-refractivity contribution in [3.63, 3.8) is 0 Å². The highest BCUT2D eigenvalue weighted by molar-refractivity contribution is 5.79. The van der Waals surface area contributed by atoms with Crippen molar-refractivity contribution in [3.05, 3.63) is 0 Å². The summed E-state index contributed by atoms with van der Waals surface area (Å²) in [6.07, 6.45) is 2.25. The first kappa shape index (κ1) is 12.8. The summed E-state index contributed by atoms with van der Waals surface area (Å²) in [6.45, 7) is 8.62. The lowest BCUT2D eigenvalue weighted by atomic mass is 10.1. The van der Waals surface area contributed by atoms with E-state index in [-0.39, 0.29) is 12.0 Å². The second-order valence-electron chi connectivity index (χ2n) is 5.61. The van der Waals surface area contributed by atoms with Crippen molar-refractivity contribution < 1.29 is 9.53 Å². The van der Waals surface area contributed by atoms with E-state index in [1.54, 1.807) is 0 Å². The summed E-state index contributed by atoms with van der Waals surface area (Å²) in [5.41, 5.74) is 0. The van der Waals surface area contributed by atoms with Crippen LogP contribution in [0.15, 0.2) is 0 Å². The lowest BCUT2D eigenvalue weighted by molar-refractivity contribution is -0.134. The summed E-state index contributed by atoms with van der Waals surface area (Å²) in [7, 11) is 0. The Balaban J connectivity index is 1.75. The Morgan fingerprint density at radius 2 is 2.29 bits per heavy atom. The van der Waals surface area contributed by atoms with Crippen molar-refractivity contribution in [3.8, 4) is 0 Å². The highest BCUT2D eigenvalue weighted by atomic mass is 16.5. The summed E-state index contributed by atoms with van der Waals surface area (Å²) in [4.78, 5) is 14.2. The van der Waals surface area contributed by atoms with Crippen LogP contribution >= 0.6 is 0 Å². The molecule has 2 heterocycles. The van der Waals surface area contributed by atoms with Crippen LogP contribution in [0.5, 0.6) is 0 Å². The van der Waals surface area contributed by atoms with Crippen molar-refractivity contribution in [1.82, 2.24) is 10.2 Å². The third-order valence-electron chi connectivity index (χ3n) is 3.53. The highest BCUT2D eigenvalue weighted by Crippen LogP contribution is 2.19. The molecule has 4 heteroatoms. The number of rotatable bonds is 4. The molecule has 0 aromatic rings. The molecular formula is C13H24N2O2. The van der Waals surface area contributed by atoms with Gasteiger partial charge in [-0.25, -0.2) is 0 Å². The van der Waals surface area contributed by atoms with Crippen molar-refractivity contribution in [2.75, 3.05) is 32.8 Å². The fraction of sp³-hybridized carbons (Fsp3) is 0.923. The number of hydrogen-bond acceptors (Lipinski definition) is 3. The normalized spacial score (nSPS) is 29.2. The third kappa shape index (κ3) is 3.42. The van der Waals surface area contributed by atoms with Crippen molar-refractivity contribution >= 4 is 5.91 Å². The van der Waals surface area contributed by atoms with Crippen LogP contribution in [0.1, 0.15) is 26.7 Å². The molecule has 0 aromatic heterocycles. The van der Waals surface area contributed by atoms with Gasteiger partial charge in [0.25, 0.3) is 0 Å². The molecule has 2 aliphatic heterocycles. The van der Waals surface area contributed by atoms with Gasteiger partial charge in [-0.2, -0.15) is 0 Å². The number of hydrogen-bond donors (Lipinski definition) is 1. The molecule has 98 valence electrons. The van der Waals surface area contributed by atoms with Crippen LogP contribution in [0.4, 0.5) is 0 Å². The highest BCUT2D eigenvalue weighted by Gasteiger charge is 2.32. The largest absolute Gasteiger partial charge is 0.376 e. The second kappa shape index (κ2) is 5.83. The Bertz CT molecular complexity index is 262. The maximum Gasteiger partial charge on any atom is 0.227 e. The predicted molar refractivity (Wildman–Crippen MR) is 66.8 cm³/mol. The number of amides is 1. The van der Waals surface area contributed by atoms with E-state index in [0.717, 1.165) is 45.6 Å². The van der Waals surface area contributed by atoms with E-state index in [1.165, 1.54) is 0 Å². The fourth-order valence-electron chi connectivity index (χ4n) is 2.52. The van der Waals surface area contributed by atoms with Gasteiger partial charge in [0.2, 0.25) is 5.91 Å². The molecule has 0 spiro atoms. The van der Waals surface area contributed by atoms with E-state index in [4.69, 9.17) is 4.74 Å². The van der Waals surface area contributed by atoms with Gasteiger partial charge < -0.3 is 15.0 Å². The summed E-state index contributed by atoms with van der Waals surface area (Å²) < 4.78 is 5.80. The summed E-state index contributed by atoms with van der Waals surface area (Å²) in [5.74, 6) is 1.10. The first-order valence-corrected chi connectivity index (χ1v) is 6.78. The minimum Gasteiger partial charge on any atom is -0.376 e. The summed E-state index contributed by atoms with van der Waals surface area (Å²) in [5, 5.41) is 3.25. The zero-order valence-corrected chi connectivity index (χ0v) is 10.9. The molecule has 2 rings (SSSR count). The quantitative estimate of drug-likeness (QED) is 0.793. The molecule has 0 aliphatic carbocycles. The Kier molecular flexibility index (Phi) is 4.40. The van der Waals surface area contributed by atoms with Crippen LogP contribution in [0, 0.1) is 11.8 Å². The molecule has 4 nitrogen and oxygen atoms in total. The summed E-state index contributed by atoms with van der Waals surface area (Å²) >= 11 is 0. The van der Waals surface area contributed by atoms with Crippen molar-refractivity contribution in [1.29, 1.82) is 0 Å². The average molecular weight is 240 g/mol. The number of likely N-dealkylation sites (tertiary alicyclic amines) is 1. The molecule has 1 amide bonds. The van der Waals surface area contributed by atoms with Gasteiger partial charge in [0.05, 0.1) is 12.0 Å². The molecule has 17 heavy (non-hydrogen) atoms. The molecule has 2 aliphatic rings. The SMILES string of the molecule is CC(C)COC1CCN(C(=O)C2CCNC2)C1. The van der Waals surface area contributed by atoms with Crippen LogP contribution in [0.2, 0.25) is 0 Å². The predicted octanol–water partition coefficient (Wildman–Crippen LogP) is 0.869. The van der Waals surface area contributed by atoms with E-state index in [1.807, 2.05) is 4.90 Å². The van der Waals surface area contributed by atoms with Crippen LogP contribution in [0.25, 0.3) is 0 Å². The number of carbonyl (C=O) groups is 1. The van der Waals surface area contributed by atoms with E-state index in [2.05, 4.69) is 19.2 Å².